The van der Waals surface area contributed by atoms with Gasteiger partial charge in [-0.25, -0.2) is 5.10 Å². The average molecular weight is 181 g/mol. The third kappa shape index (κ3) is 1.70. The van der Waals surface area contributed by atoms with Gasteiger partial charge in [0.25, 0.3) is 5.56 Å². The Bertz CT molecular complexity index is 329. The van der Waals surface area contributed by atoms with Crippen LogP contribution in [0.5, 0.6) is 0 Å². The molecule has 2 rings (SSSR count). The van der Waals surface area contributed by atoms with Crippen molar-refractivity contribution in [3.63, 3.8) is 0 Å². The zero-order chi connectivity index (χ0) is 9.26. The Morgan fingerprint density at radius 3 is 3.00 bits per heavy atom. The van der Waals surface area contributed by atoms with E-state index in [2.05, 4.69) is 10.2 Å². The van der Waals surface area contributed by atoms with E-state index in [4.69, 9.17) is 0 Å². The molecule has 5 heteroatoms. The molecule has 0 amide bonds. The van der Waals surface area contributed by atoms with Crippen molar-refractivity contribution in [2.45, 2.75) is 12.5 Å². The van der Waals surface area contributed by atoms with Crippen LogP contribution < -0.4 is 10.5 Å². The fourth-order valence-corrected chi connectivity index (χ4v) is 1.46. The second kappa shape index (κ2) is 3.18. The molecule has 0 bridgehead atoms. The van der Waals surface area contributed by atoms with Crippen molar-refractivity contribution in [1.29, 1.82) is 0 Å². The molecule has 2 heterocycles. The van der Waals surface area contributed by atoms with Crippen LogP contribution in [0.2, 0.25) is 0 Å². The van der Waals surface area contributed by atoms with Gasteiger partial charge < -0.3 is 10.0 Å². The number of nitrogens with zero attached hydrogens (tertiary/aromatic N) is 2. The van der Waals surface area contributed by atoms with Gasteiger partial charge in [0.2, 0.25) is 0 Å². The summed E-state index contributed by atoms with van der Waals surface area (Å²) in [6.07, 6.45) is 0.495. The number of H-pyrrole nitrogens is 1. The van der Waals surface area contributed by atoms with E-state index in [1.807, 2.05) is 4.90 Å². The minimum atomic E-state index is -0.270. The summed E-state index contributed by atoms with van der Waals surface area (Å²) in [6, 6.07) is 3.10. The normalized spacial score (nSPS) is 22.2. The largest absolute Gasteiger partial charge is 0.391 e. The fourth-order valence-electron chi connectivity index (χ4n) is 1.46. The SMILES string of the molecule is O=c1ccc(N2CC[C@@H](O)C2)n[nH]1. The number of anilines is 1. The molecule has 5 nitrogen and oxygen atoms in total. The van der Waals surface area contributed by atoms with Crippen LogP contribution in [-0.4, -0.2) is 34.5 Å². The number of aliphatic hydroxyl groups is 1. The summed E-state index contributed by atoms with van der Waals surface area (Å²) < 4.78 is 0. The zero-order valence-corrected chi connectivity index (χ0v) is 7.10. The average Bonchev–Trinajstić information content (AvgIpc) is 2.53. The summed E-state index contributed by atoms with van der Waals surface area (Å²) in [7, 11) is 0. The summed E-state index contributed by atoms with van der Waals surface area (Å²) in [4.78, 5) is 12.7. The predicted octanol–water partition coefficient (Wildman–Crippen LogP) is -0.659. The van der Waals surface area contributed by atoms with Gasteiger partial charge in [-0.3, -0.25) is 4.79 Å². The third-order valence-electron chi connectivity index (χ3n) is 2.15. The lowest BCUT2D eigenvalue weighted by Gasteiger charge is -2.14. The lowest BCUT2D eigenvalue weighted by molar-refractivity contribution is 0.198. The maximum atomic E-state index is 10.7. The van der Waals surface area contributed by atoms with Crippen molar-refractivity contribution in [2.24, 2.45) is 0 Å². The van der Waals surface area contributed by atoms with Crippen LogP contribution in [0, 0.1) is 0 Å². The summed E-state index contributed by atoms with van der Waals surface area (Å²) in [5.74, 6) is 0.719. The van der Waals surface area contributed by atoms with Gasteiger partial charge in [-0.1, -0.05) is 0 Å². The van der Waals surface area contributed by atoms with Crippen molar-refractivity contribution in [1.82, 2.24) is 10.2 Å². The molecule has 0 saturated carbocycles. The first-order valence-corrected chi connectivity index (χ1v) is 4.24. The van der Waals surface area contributed by atoms with Crippen LogP contribution in [0.25, 0.3) is 0 Å². The highest BCUT2D eigenvalue weighted by atomic mass is 16.3. The minimum absolute atomic E-state index is 0.205. The van der Waals surface area contributed by atoms with Gasteiger partial charge in [0.15, 0.2) is 0 Å². The van der Waals surface area contributed by atoms with Crippen LogP contribution in [-0.2, 0) is 0 Å². The van der Waals surface area contributed by atoms with Gasteiger partial charge in [0.05, 0.1) is 6.10 Å². The number of aromatic nitrogens is 2. The molecule has 1 aromatic rings. The molecule has 1 aliphatic heterocycles. The van der Waals surface area contributed by atoms with Gasteiger partial charge in [-0.05, 0) is 12.5 Å². The molecule has 0 radical (unpaired) electrons. The maximum absolute atomic E-state index is 10.7. The molecule has 0 unspecified atom stereocenters. The van der Waals surface area contributed by atoms with E-state index in [1.54, 1.807) is 6.07 Å². The number of aromatic amines is 1. The molecule has 0 aliphatic carbocycles. The van der Waals surface area contributed by atoms with E-state index in [0.29, 0.717) is 6.54 Å². The lowest BCUT2D eigenvalue weighted by atomic mass is 10.3. The Morgan fingerprint density at radius 1 is 1.62 bits per heavy atom. The lowest BCUT2D eigenvalue weighted by Crippen LogP contribution is -2.23. The molecule has 0 spiro atoms. The minimum Gasteiger partial charge on any atom is -0.391 e. The maximum Gasteiger partial charge on any atom is 0.264 e. The standard InChI is InChI=1S/C8H11N3O2/c12-6-3-4-11(5-6)7-1-2-8(13)10-9-7/h1-2,6,12H,3-5H2,(H,10,13)/t6-/m1/s1. The summed E-state index contributed by atoms with van der Waals surface area (Å²) >= 11 is 0. The topological polar surface area (TPSA) is 69.2 Å². The molecule has 1 saturated heterocycles. The van der Waals surface area contributed by atoms with Gasteiger partial charge in [-0.15, -0.1) is 0 Å². The summed E-state index contributed by atoms with van der Waals surface area (Å²) in [5, 5.41) is 15.5. The van der Waals surface area contributed by atoms with E-state index in [1.165, 1.54) is 6.07 Å². The predicted molar refractivity (Wildman–Crippen MR) is 47.7 cm³/mol. The Balaban J connectivity index is 2.17. The molecule has 1 aromatic heterocycles. The fraction of sp³-hybridized carbons (Fsp3) is 0.500. The van der Waals surface area contributed by atoms with Crippen LogP contribution in [0.15, 0.2) is 16.9 Å². The number of nitrogens with one attached hydrogen (secondary N) is 1. The molecule has 70 valence electrons. The number of hydrogen-bond donors (Lipinski definition) is 2. The molecule has 2 N–H and O–H groups in total. The van der Waals surface area contributed by atoms with E-state index in [-0.39, 0.29) is 11.7 Å². The van der Waals surface area contributed by atoms with Gasteiger partial charge in [0.1, 0.15) is 5.82 Å². The number of β-amino-alcohol motifs (C(OH)–C–C–N with tert-alkyl or cyclic N) is 1. The highest BCUT2D eigenvalue weighted by molar-refractivity contribution is 5.37. The van der Waals surface area contributed by atoms with Crippen molar-refractivity contribution >= 4 is 5.82 Å². The Hall–Kier alpha value is -1.36. The molecular weight excluding hydrogens is 170 g/mol. The molecule has 13 heavy (non-hydrogen) atoms. The quantitative estimate of drug-likeness (QED) is 0.603. The van der Waals surface area contributed by atoms with Crippen molar-refractivity contribution in [3.8, 4) is 0 Å². The number of aliphatic hydroxyl groups excluding tert-OH is 1. The Kier molecular flexibility index (Phi) is 2.02. The number of hydrogen-bond acceptors (Lipinski definition) is 4. The van der Waals surface area contributed by atoms with Crippen molar-refractivity contribution in [3.05, 3.63) is 22.5 Å². The van der Waals surface area contributed by atoms with Crippen LogP contribution >= 0.6 is 0 Å². The summed E-state index contributed by atoms with van der Waals surface area (Å²) in [6.45, 7) is 1.39. The first-order chi connectivity index (χ1) is 6.25. The summed E-state index contributed by atoms with van der Waals surface area (Å²) in [5.41, 5.74) is -0.205. The van der Waals surface area contributed by atoms with Gasteiger partial charge >= 0.3 is 0 Å². The first kappa shape index (κ1) is 8.25. The molecule has 1 atom stereocenters. The van der Waals surface area contributed by atoms with Crippen LogP contribution in [0.3, 0.4) is 0 Å². The van der Waals surface area contributed by atoms with Crippen molar-refractivity contribution in [2.75, 3.05) is 18.0 Å². The third-order valence-corrected chi connectivity index (χ3v) is 2.15. The molecular formula is C8H11N3O2. The number of rotatable bonds is 1. The van der Waals surface area contributed by atoms with Crippen LogP contribution in [0.4, 0.5) is 5.82 Å². The van der Waals surface area contributed by atoms with Crippen molar-refractivity contribution < 1.29 is 5.11 Å². The van der Waals surface area contributed by atoms with Crippen LogP contribution in [0.1, 0.15) is 6.42 Å². The second-order valence-corrected chi connectivity index (χ2v) is 3.17. The van der Waals surface area contributed by atoms with E-state index < -0.39 is 0 Å². The monoisotopic (exact) mass is 181 g/mol. The Labute approximate surface area is 75.0 Å². The van der Waals surface area contributed by atoms with E-state index in [0.717, 1.165) is 18.8 Å². The van der Waals surface area contributed by atoms with Gasteiger partial charge in [-0.2, -0.15) is 5.10 Å². The highest BCUT2D eigenvalue weighted by Gasteiger charge is 2.20. The Morgan fingerprint density at radius 2 is 2.46 bits per heavy atom. The van der Waals surface area contributed by atoms with E-state index in [9.17, 15) is 9.90 Å². The zero-order valence-electron chi connectivity index (χ0n) is 7.10. The second-order valence-electron chi connectivity index (χ2n) is 3.17. The smallest absolute Gasteiger partial charge is 0.264 e. The van der Waals surface area contributed by atoms with Gasteiger partial charge in [0, 0.05) is 19.2 Å². The first-order valence-electron chi connectivity index (χ1n) is 4.24. The molecule has 1 fully saturated rings. The molecule has 0 aromatic carbocycles. The van der Waals surface area contributed by atoms with E-state index >= 15 is 0 Å². The molecule has 1 aliphatic rings. The highest BCUT2D eigenvalue weighted by Crippen LogP contribution is 2.15.